The number of hydrogen-bond donors (Lipinski definition) is 0. The highest BCUT2D eigenvalue weighted by Crippen LogP contribution is 2.26. The first-order valence-electron chi connectivity index (χ1n) is 6.36. The number of nitrogens with zero attached hydrogens (tertiary/aromatic N) is 3. The molecule has 0 unspecified atom stereocenters. The lowest BCUT2D eigenvalue weighted by atomic mass is 10.2. The van der Waals surface area contributed by atoms with Crippen molar-refractivity contribution < 1.29 is 13.9 Å². The van der Waals surface area contributed by atoms with E-state index in [1.54, 1.807) is 55.9 Å². The number of thioether (sulfide) groups is 1. The third-order valence-electron chi connectivity index (χ3n) is 2.84. The Morgan fingerprint density at radius 3 is 2.50 bits per heavy atom. The normalized spacial score (nSPS) is 10.4. The largest absolute Gasteiger partial charge is 0.497 e. The van der Waals surface area contributed by atoms with Gasteiger partial charge in [0.05, 0.1) is 7.11 Å². The van der Waals surface area contributed by atoms with Gasteiger partial charge in [-0.3, -0.25) is 9.78 Å². The summed E-state index contributed by atoms with van der Waals surface area (Å²) in [7, 11) is 1.57. The SMILES string of the molecule is COc1ccc(C(=O)Sc2nnc(-c3ccncc3)o2)cc1. The summed E-state index contributed by atoms with van der Waals surface area (Å²) in [4.78, 5) is 16.1. The molecule has 110 valence electrons. The number of rotatable bonds is 4. The number of pyridine rings is 1. The number of carbonyl (C=O) groups is 1. The number of methoxy groups -OCH3 is 1. The molecule has 0 atom stereocenters. The fraction of sp³-hybridized carbons (Fsp3) is 0.0667. The van der Waals surface area contributed by atoms with Crippen molar-refractivity contribution in [1.29, 1.82) is 0 Å². The Morgan fingerprint density at radius 1 is 1.09 bits per heavy atom. The second-order valence-corrected chi connectivity index (χ2v) is 5.15. The van der Waals surface area contributed by atoms with E-state index in [1.807, 2.05) is 0 Å². The zero-order valence-electron chi connectivity index (χ0n) is 11.6. The Morgan fingerprint density at radius 2 is 1.82 bits per heavy atom. The highest BCUT2D eigenvalue weighted by molar-refractivity contribution is 8.14. The summed E-state index contributed by atoms with van der Waals surface area (Å²) >= 11 is 0.890. The number of benzene rings is 1. The van der Waals surface area contributed by atoms with E-state index in [9.17, 15) is 4.79 Å². The Hall–Kier alpha value is -2.67. The van der Waals surface area contributed by atoms with Gasteiger partial charge < -0.3 is 9.15 Å². The summed E-state index contributed by atoms with van der Waals surface area (Å²) in [6, 6.07) is 10.3. The lowest BCUT2D eigenvalue weighted by molar-refractivity contribution is 0.108. The van der Waals surface area contributed by atoms with Gasteiger partial charge >= 0.3 is 0 Å². The van der Waals surface area contributed by atoms with Gasteiger partial charge in [-0.1, -0.05) is 0 Å². The maximum absolute atomic E-state index is 12.1. The molecule has 22 heavy (non-hydrogen) atoms. The molecule has 3 aromatic rings. The van der Waals surface area contributed by atoms with E-state index in [0.717, 1.165) is 17.3 Å². The van der Waals surface area contributed by atoms with Crippen molar-refractivity contribution in [3.63, 3.8) is 0 Å². The number of carbonyl (C=O) groups excluding carboxylic acids is 1. The highest BCUT2D eigenvalue weighted by atomic mass is 32.2. The van der Waals surface area contributed by atoms with Crippen molar-refractivity contribution in [2.75, 3.05) is 7.11 Å². The van der Waals surface area contributed by atoms with Crippen molar-refractivity contribution in [2.45, 2.75) is 5.22 Å². The standard InChI is InChI=1S/C15H11N3O3S/c1-20-12-4-2-11(3-5-12)14(19)22-15-18-17-13(21-15)10-6-8-16-9-7-10/h2-9H,1H3. The molecule has 0 saturated heterocycles. The Bertz CT molecular complexity index is 772. The van der Waals surface area contributed by atoms with Gasteiger partial charge in [-0.25, -0.2) is 0 Å². The number of ether oxygens (including phenoxy) is 1. The minimum Gasteiger partial charge on any atom is -0.497 e. The molecule has 0 N–H and O–H groups in total. The molecule has 2 heterocycles. The number of hydrogen-bond acceptors (Lipinski definition) is 7. The second kappa shape index (κ2) is 6.40. The van der Waals surface area contributed by atoms with Crippen molar-refractivity contribution in [3.05, 3.63) is 54.4 Å². The Balaban J connectivity index is 1.73. The molecule has 3 rings (SSSR count). The molecule has 7 heteroatoms. The average Bonchev–Trinajstić information content (AvgIpc) is 3.04. The Labute approximate surface area is 130 Å². The molecule has 0 bridgehead atoms. The average molecular weight is 313 g/mol. The molecule has 0 aliphatic heterocycles. The van der Waals surface area contributed by atoms with Crippen LogP contribution >= 0.6 is 11.8 Å². The topological polar surface area (TPSA) is 78.1 Å². The van der Waals surface area contributed by atoms with Crippen LogP contribution in [0.15, 0.2) is 58.4 Å². The molecule has 6 nitrogen and oxygen atoms in total. The van der Waals surface area contributed by atoms with E-state index < -0.39 is 0 Å². The molecule has 0 aliphatic carbocycles. The molecule has 0 radical (unpaired) electrons. The van der Waals surface area contributed by atoms with Gasteiger partial charge in [0.2, 0.25) is 11.0 Å². The van der Waals surface area contributed by atoms with E-state index in [0.29, 0.717) is 17.2 Å². The van der Waals surface area contributed by atoms with Gasteiger partial charge in [0.25, 0.3) is 5.22 Å². The predicted molar refractivity (Wildman–Crippen MR) is 80.7 cm³/mol. The molecule has 0 saturated carbocycles. The van der Waals surface area contributed by atoms with Crippen LogP contribution in [0.3, 0.4) is 0 Å². The third kappa shape index (κ3) is 3.15. The lowest BCUT2D eigenvalue weighted by Gasteiger charge is -2.00. The Kier molecular flexibility index (Phi) is 4.15. The summed E-state index contributed by atoms with van der Waals surface area (Å²) in [5.74, 6) is 1.05. The van der Waals surface area contributed by atoms with Crippen LogP contribution in [0.5, 0.6) is 5.75 Å². The highest BCUT2D eigenvalue weighted by Gasteiger charge is 2.15. The van der Waals surface area contributed by atoms with E-state index >= 15 is 0 Å². The minimum atomic E-state index is -0.174. The van der Waals surface area contributed by atoms with Crippen molar-refractivity contribution in [1.82, 2.24) is 15.2 Å². The summed E-state index contributed by atoms with van der Waals surface area (Å²) in [6.07, 6.45) is 3.27. The molecule has 2 aromatic heterocycles. The van der Waals surface area contributed by atoms with Crippen LogP contribution in [0.4, 0.5) is 0 Å². The predicted octanol–water partition coefficient (Wildman–Crippen LogP) is 3.07. The summed E-state index contributed by atoms with van der Waals surface area (Å²) in [6.45, 7) is 0. The second-order valence-electron chi connectivity index (χ2n) is 4.23. The monoisotopic (exact) mass is 313 g/mol. The van der Waals surface area contributed by atoms with Crippen LogP contribution in [0, 0.1) is 0 Å². The zero-order valence-corrected chi connectivity index (χ0v) is 12.4. The molecule has 0 fully saturated rings. The fourth-order valence-electron chi connectivity index (χ4n) is 1.73. The number of aromatic nitrogens is 3. The minimum absolute atomic E-state index is 0.174. The molecular formula is C15H11N3O3S. The first-order chi connectivity index (χ1) is 10.8. The maximum atomic E-state index is 12.1. The van der Waals surface area contributed by atoms with Gasteiger partial charge in [0.15, 0.2) is 0 Å². The third-order valence-corrected chi connectivity index (χ3v) is 3.60. The molecular weight excluding hydrogens is 302 g/mol. The summed E-state index contributed by atoms with van der Waals surface area (Å²) < 4.78 is 10.5. The quantitative estimate of drug-likeness (QED) is 0.685. The zero-order chi connectivity index (χ0) is 15.4. The van der Waals surface area contributed by atoms with Gasteiger partial charge in [-0.15, -0.1) is 10.2 Å². The van der Waals surface area contributed by atoms with Crippen molar-refractivity contribution >= 4 is 16.9 Å². The molecule has 0 aliphatic rings. The van der Waals surface area contributed by atoms with Crippen LogP contribution < -0.4 is 4.74 Å². The fourth-order valence-corrected chi connectivity index (χ4v) is 2.34. The molecule has 0 spiro atoms. The van der Waals surface area contributed by atoms with E-state index in [-0.39, 0.29) is 10.3 Å². The smallest absolute Gasteiger partial charge is 0.284 e. The first kappa shape index (κ1) is 14.3. The van der Waals surface area contributed by atoms with E-state index in [1.165, 1.54) is 0 Å². The summed E-state index contributed by atoms with van der Waals surface area (Å²) in [5.41, 5.74) is 1.29. The van der Waals surface area contributed by atoms with Crippen molar-refractivity contribution in [2.24, 2.45) is 0 Å². The van der Waals surface area contributed by atoms with Crippen LogP contribution in [0.2, 0.25) is 0 Å². The first-order valence-corrected chi connectivity index (χ1v) is 7.18. The van der Waals surface area contributed by atoms with Gasteiger partial charge in [0, 0.05) is 35.3 Å². The van der Waals surface area contributed by atoms with Gasteiger partial charge in [-0.2, -0.15) is 0 Å². The molecule has 1 aromatic carbocycles. The lowest BCUT2D eigenvalue weighted by Crippen LogP contribution is -1.93. The van der Waals surface area contributed by atoms with Crippen LogP contribution in [-0.2, 0) is 0 Å². The molecule has 0 amide bonds. The van der Waals surface area contributed by atoms with Crippen LogP contribution in [0.25, 0.3) is 11.5 Å². The van der Waals surface area contributed by atoms with Gasteiger partial charge in [-0.05, 0) is 36.4 Å². The summed E-state index contributed by atoms with van der Waals surface area (Å²) in [5, 5.41) is 7.82. The van der Waals surface area contributed by atoms with E-state index in [4.69, 9.17) is 9.15 Å². The van der Waals surface area contributed by atoms with Crippen molar-refractivity contribution in [3.8, 4) is 17.2 Å². The van der Waals surface area contributed by atoms with Gasteiger partial charge in [0.1, 0.15) is 5.75 Å². The van der Waals surface area contributed by atoms with Crippen LogP contribution in [-0.4, -0.2) is 27.4 Å². The maximum Gasteiger partial charge on any atom is 0.284 e. The van der Waals surface area contributed by atoms with E-state index in [2.05, 4.69) is 15.2 Å². The van der Waals surface area contributed by atoms with Crippen LogP contribution in [0.1, 0.15) is 10.4 Å².